The Morgan fingerprint density at radius 3 is 2.17 bits per heavy atom. The number of rotatable bonds is 16. The van der Waals surface area contributed by atoms with Crippen LogP contribution in [0.15, 0.2) is 23.8 Å². The molecule has 0 saturated heterocycles. The summed E-state index contributed by atoms with van der Waals surface area (Å²) in [6.45, 7) is 4.60. The quantitative estimate of drug-likeness (QED) is 0.163. The number of carboxylic acid groups (broad SMARTS) is 2. The second kappa shape index (κ2) is 17.8. The third kappa shape index (κ3) is 10.8. The minimum absolute atomic E-state index is 0.281. The van der Waals surface area contributed by atoms with E-state index >= 15 is 0 Å². The average Bonchev–Trinajstić information content (AvgIpc) is 2.83. The first-order valence-corrected chi connectivity index (χ1v) is 15.3. The van der Waals surface area contributed by atoms with Gasteiger partial charge in [-0.1, -0.05) is 115 Å². The third-order valence-corrected chi connectivity index (χ3v) is 8.80. The van der Waals surface area contributed by atoms with Crippen molar-refractivity contribution in [3.8, 4) is 0 Å². The van der Waals surface area contributed by atoms with E-state index in [0.29, 0.717) is 23.7 Å². The first-order chi connectivity index (χ1) is 17.5. The molecule has 4 nitrogen and oxygen atoms in total. The Morgan fingerprint density at radius 2 is 1.47 bits per heavy atom. The van der Waals surface area contributed by atoms with Crippen molar-refractivity contribution in [1.82, 2.24) is 0 Å². The fraction of sp³-hybridized carbons (Fsp3) is 0.812. The highest BCUT2D eigenvalue weighted by molar-refractivity contribution is 5.73. The molecule has 0 heterocycles. The Kier molecular flexibility index (Phi) is 15.2. The summed E-state index contributed by atoms with van der Waals surface area (Å²) in [6, 6.07) is 0. The molecule has 2 N–H and O–H groups in total. The van der Waals surface area contributed by atoms with E-state index in [9.17, 15) is 14.7 Å². The van der Waals surface area contributed by atoms with Gasteiger partial charge in [-0.15, -0.1) is 0 Å². The van der Waals surface area contributed by atoms with E-state index < -0.39 is 11.9 Å². The maximum atomic E-state index is 12.2. The van der Waals surface area contributed by atoms with E-state index in [0.717, 1.165) is 70.6 Å². The van der Waals surface area contributed by atoms with E-state index in [1.807, 2.05) is 0 Å². The van der Waals surface area contributed by atoms with Crippen LogP contribution in [0.25, 0.3) is 0 Å². The van der Waals surface area contributed by atoms with Gasteiger partial charge < -0.3 is 10.2 Å². The average molecular weight is 503 g/mol. The van der Waals surface area contributed by atoms with Gasteiger partial charge in [0.1, 0.15) is 0 Å². The molecule has 0 aromatic rings. The highest BCUT2D eigenvalue weighted by atomic mass is 16.4. The van der Waals surface area contributed by atoms with Crippen molar-refractivity contribution >= 4 is 11.9 Å². The Hall–Kier alpha value is -1.58. The monoisotopic (exact) mass is 502 g/mol. The number of aliphatic carboxylic acids is 2. The molecular weight excluding hydrogens is 448 g/mol. The molecule has 0 bridgehead atoms. The molecule has 0 aliphatic heterocycles. The summed E-state index contributed by atoms with van der Waals surface area (Å²) in [5.41, 5.74) is 1.21. The van der Waals surface area contributed by atoms with E-state index in [2.05, 4.69) is 32.1 Å². The first-order valence-electron chi connectivity index (χ1n) is 15.3. The lowest BCUT2D eigenvalue weighted by Crippen LogP contribution is -2.31. The van der Waals surface area contributed by atoms with Crippen LogP contribution in [0.1, 0.15) is 136 Å². The molecule has 2 aliphatic carbocycles. The van der Waals surface area contributed by atoms with Crippen LogP contribution < -0.4 is 0 Å². The van der Waals surface area contributed by atoms with Crippen LogP contribution in [0.2, 0.25) is 0 Å². The van der Waals surface area contributed by atoms with Gasteiger partial charge in [0.25, 0.3) is 0 Å². The second-order valence-corrected chi connectivity index (χ2v) is 11.5. The van der Waals surface area contributed by atoms with Crippen molar-refractivity contribution in [3.63, 3.8) is 0 Å². The molecule has 1 saturated carbocycles. The SMILES string of the molecule is CCCCCCC1C=CC(CCCCCCCC(=O)O)C(C=C2CCCCCCC2C(=O)O)C1CC. The van der Waals surface area contributed by atoms with Crippen molar-refractivity contribution in [1.29, 1.82) is 0 Å². The molecule has 4 heteroatoms. The van der Waals surface area contributed by atoms with Crippen LogP contribution in [-0.2, 0) is 9.59 Å². The van der Waals surface area contributed by atoms with Crippen LogP contribution >= 0.6 is 0 Å². The maximum absolute atomic E-state index is 12.2. The van der Waals surface area contributed by atoms with Crippen LogP contribution in [0.4, 0.5) is 0 Å². The molecule has 0 spiro atoms. The first kappa shape index (κ1) is 30.6. The summed E-state index contributed by atoms with van der Waals surface area (Å²) in [5.74, 6) is 0.528. The Labute approximate surface area is 221 Å². The molecule has 1 fully saturated rings. The number of hydrogen-bond donors (Lipinski definition) is 2. The third-order valence-electron chi connectivity index (χ3n) is 8.80. The van der Waals surface area contributed by atoms with Gasteiger partial charge in [0.2, 0.25) is 0 Å². The van der Waals surface area contributed by atoms with E-state index in [-0.39, 0.29) is 12.3 Å². The molecule has 0 aromatic carbocycles. The highest BCUT2D eigenvalue weighted by Crippen LogP contribution is 2.43. The molecule has 5 atom stereocenters. The maximum Gasteiger partial charge on any atom is 0.310 e. The number of unbranched alkanes of at least 4 members (excludes halogenated alkanes) is 7. The van der Waals surface area contributed by atoms with Gasteiger partial charge in [-0.3, -0.25) is 9.59 Å². The van der Waals surface area contributed by atoms with Gasteiger partial charge >= 0.3 is 11.9 Å². The Morgan fingerprint density at radius 1 is 0.833 bits per heavy atom. The van der Waals surface area contributed by atoms with Crippen molar-refractivity contribution in [2.75, 3.05) is 0 Å². The van der Waals surface area contributed by atoms with E-state index in [1.165, 1.54) is 50.5 Å². The lowest BCUT2D eigenvalue weighted by molar-refractivity contribution is -0.141. The van der Waals surface area contributed by atoms with Gasteiger partial charge in [0.05, 0.1) is 5.92 Å². The van der Waals surface area contributed by atoms with E-state index in [4.69, 9.17) is 5.11 Å². The normalized spacial score (nSPS) is 28.1. The lowest BCUT2D eigenvalue weighted by atomic mass is 9.65. The molecular formula is C32H54O4. The fourth-order valence-corrected chi connectivity index (χ4v) is 6.69. The molecule has 2 aliphatic rings. The standard InChI is InChI=1S/C32H54O4/c1-3-5-6-12-17-25-22-23-26(18-13-8-7-9-16-21-31(33)34)30(28(25)4-2)24-27-19-14-10-11-15-20-29(27)32(35)36/h22-26,28-30H,3-21H2,1-2H3,(H,33,34)(H,35,36). The van der Waals surface area contributed by atoms with Gasteiger partial charge in [-0.05, 0) is 62.2 Å². The van der Waals surface area contributed by atoms with Gasteiger partial charge in [-0.2, -0.15) is 0 Å². The zero-order valence-corrected chi connectivity index (χ0v) is 23.3. The summed E-state index contributed by atoms with van der Waals surface area (Å²) >= 11 is 0. The van der Waals surface area contributed by atoms with Crippen molar-refractivity contribution in [2.45, 2.75) is 136 Å². The minimum Gasteiger partial charge on any atom is -0.481 e. The number of hydrogen-bond acceptors (Lipinski definition) is 2. The van der Waals surface area contributed by atoms with Crippen LogP contribution in [0, 0.1) is 29.6 Å². The van der Waals surface area contributed by atoms with Crippen molar-refractivity contribution in [2.24, 2.45) is 29.6 Å². The summed E-state index contributed by atoms with van der Waals surface area (Å²) in [4.78, 5) is 23.0. The minimum atomic E-state index is -0.693. The van der Waals surface area contributed by atoms with Gasteiger partial charge in [0, 0.05) is 6.42 Å². The Bertz CT molecular complexity index is 694. The summed E-state index contributed by atoms with van der Waals surface area (Å²) in [5, 5.41) is 18.9. The fourth-order valence-electron chi connectivity index (χ4n) is 6.69. The van der Waals surface area contributed by atoms with Gasteiger partial charge in [-0.25, -0.2) is 0 Å². The Balaban J connectivity index is 2.14. The molecule has 0 amide bonds. The topological polar surface area (TPSA) is 74.6 Å². The van der Waals surface area contributed by atoms with Crippen LogP contribution in [0.3, 0.4) is 0 Å². The smallest absolute Gasteiger partial charge is 0.310 e. The molecule has 206 valence electrons. The molecule has 36 heavy (non-hydrogen) atoms. The molecule has 2 rings (SSSR count). The van der Waals surface area contributed by atoms with Crippen molar-refractivity contribution in [3.05, 3.63) is 23.8 Å². The number of allylic oxidation sites excluding steroid dienone is 3. The molecule has 5 unspecified atom stereocenters. The lowest BCUT2D eigenvalue weighted by Gasteiger charge is -2.39. The molecule has 0 aromatic heterocycles. The number of carboxylic acids is 2. The second-order valence-electron chi connectivity index (χ2n) is 11.5. The highest BCUT2D eigenvalue weighted by Gasteiger charge is 2.35. The molecule has 0 radical (unpaired) electrons. The zero-order valence-electron chi connectivity index (χ0n) is 23.3. The zero-order chi connectivity index (χ0) is 26.2. The van der Waals surface area contributed by atoms with E-state index in [1.54, 1.807) is 0 Å². The largest absolute Gasteiger partial charge is 0.481 e. The van der Waals surface area contributed by atoms with Gasteiger partial charge in [0.15, 0.2) is 0 Å². The van der Waals surface area contributed by atoms with Crippen molar-refractivity contribution < 1.29 is 19.8 Å². The predicted molar refractivity (Wildman–Crippen MR) is 149 cm³/mol. The van der Waals surface area contributed by atoms with Crippen LogP contribution in [-0.4, -0.2) is 22.2 Å². The number of carbonyl (C=O) groups is 2. The summed E-state index contributed by atoms with van der Waals surface area (Å²) < 4.78 is 0. The summed E-state index contributed by atoms with van der Waals surface area (Å²) in [7, 11) is 0. The predicted octanol–water partition coefficient (Wildman–Crippen LogP) is 9.20. The van der Waals surface area contributed by atoms with Crippen LogP contribution in [0.5, 0.6) is 0 Å². The summed E-state index contributed by atoms with van der Waals surface area (Å²) in [6.07, 6.45) is 28.0.